The lowest BCUT2D eigenvalue weighted by Crippen LogP contribution is -2.21. The number of amides is 1. The zero-order chi connectivity index (χ0) is 17.6. The molecule has 7 nitrogen and oxygen atoms in total. The number of hydrogen-bond acceptors (Lipinski definition) is 7. The number of hydrogen-bond donors (Lipinski definition) is 2. The van der Waals surface area contributed by atoms with Crippen molar-refractivity contribution in [1.82, 2.24) is 5.32 Å². The van der Waals surface area contributed by atoms with Gasteiger partial charge in [-0.3, -0.25) is 9.59 Å². The van der Waals surface area contributed by atoms with Crippen molar-refractivity contribution in [2.24, 2.45) is 5.73 Å². The fraction of sp³-hybridized carbons (Fsp3) is 0.143. The van der Waals surface area contributed by atoms with Crippen molar-refractivity contribution in [1.29, 1.82) is 0 Å². The van der Waals surface area contributed by atoms with E-state index in [4.69, 9.17) is 10.5 Å². The number of carbonyl (C=O) groups excluding carboxylic acids is 2. The minimum absolute atomic E-state index is 0.0926. The number of thioether (sulfide) groups is 1. The number of sulfone groups is 1. The monoisotopic (exact) mass is 356 g/mol. The van der Waals surface area contributed by atoms with Crippen LogP contribution < -0.4 is 15.8 Å². The SMILES string of the molecule is C=C(NC(=O)c1cccc(OC(C)=O)c1)S/C(=C\N)S(C)(=O)=O. The predicted molar refractivity (Wildman–Crippen MR) is 89.1 cm³/mol. The van der Waals surface area contributed by atoms with Gasteiger partial charge >= 0.3 is 5.97 Å². The normalized spacial score (nSPS) is 11.7. The van der Waals surface area contributed by atoms with Gasteiger partial charge in [0.2, 0.25) is 0 Å². The second-order valence-electron chi connectivity index (χ2n) is 4.36. The third-order valence-corrected chi connectivity index (χ3v) is 5.05. The lowest BCUT2D eigenvalue weighted by molar-refractivity contribution is -0.131. The molecule has 0 aliphatic rings. The molecular weight excluding hydrogens is 340 g/mol. The molecule has 0 heterocycles. The molecule has 0 saturated carbocycles. The Morgan fingerprint density at radius 2 is 2.04 bits per heavy atom. The molecule has 1 aromatic rings. The van der Waals surface area contributed by atoms with Gasteiger partial charge in [-0.25, -0.2) is 8.42 Å². The molecule has 1 aromatic carbocycles. The summed E-state index contributed by atoms with van der Waals surface area (Å²) in [6, 6.07) is 5.97. The second-order valence-corrected chi connectivity index (χ2v) is 7.74. The van der Waals surface area contributed by atoms with Gasteiger partial charge in [0.15, 0.2) is 9.84 Å². The Bertz CT molecular complexity index is 769. The summed E-state index contributed by atoms with van der Waals surface area (Å²) in [6.07, 6.45) is 1.93. The average Bonchev–Trinajstić information content (AvgIpc) is 2.43. The third-order valence-electron chi connectivity index (χ3n) is 2.34. The standard InChI is InChI=1S/C14H16N2O5S2/c1-9(22-13(8-15)23(3,19)20)16-14(18)11-5-4-6-12(7-11)21-10(2)17/h4-8H,1,15H2,2-3H3,(H,16,18)/b13-8+. The molecule has 0 radical (unpaired) electrons. The molecule has 3 N–H and O–H groups in total. The molecule has 0 saturated heterocycles. The van der Waals surface area contributed by atoms with E-state index in [-0.39, 0.29) is 20.6 Å². The van der Waals surface area contributed by atoms with Crippen LogP contribution in [0.3, 0.4) is 0 Å². The first-order valence-electron chi connectivity index (χ1n) is 6.22. The largest absolute Gasteiger partial charge is 0.427 e. The third kappa shape index (κ3) is 6.17. The molecule has 0 aliphatic heterocycles. The van der Waals surface area contributed by atoms with Crippen molar-refractivity contribution in [2.45, 2.75) is 6.92 Å². The molecule has 0 unspecified atom stereocenters. The Labute approximate surface area is 138 Å². The molecule has 0 atom stereocenters. The number of carbonyl (C=O) groups is 2. The first-order chi connectivity index (χ1) is 10.6. The van der Waals surface area contributed by atoms with E-state index in [2.05, 4.69) is 11.9 Å². The van der Waals surface area contributed by atoms with Crippen LogP contribution in [0.4, 0.5) is 0 Å². The van der Waals surface area contributed by atoms with E-state index in [0.29, 0.717) is 0 Å². The summed E-state index contributed by atoms with van der Waals surface area (Å²) in [5.41, 5.74) is 5.48. The smallest absolute Gasteiger partial charge is 0.308 e. The highest BCUT2D eigenvalue weighted by Crippen LogP contribution is 2.26. The molecule has 1 amide bonds. The summed E-state index contributed by atoms with van der Waals surface area (Å²) in [6.45, 7) is 4.82. The van der Waals surface area contributed by atoms with Crippen LogP contribution in [0.1, 0.15) is 17.3 Å². The number of rotatable bonds is 6. The van der Waals surface area contributed by atoms with Crippen molar-refractivity contribution in [3.63, 3.8) is 0 Å². The van der Waals surface area contributed by atoms with Crippen LogP contribution in [0, 0.1) is 0 Å². The summed E-state index contributed by atoms with van der Waals surface area (Å²) in [5, 5.41) is 2.53. The molecule has 0 fully saturated rings. The van der Waals surface area contributed by atoms with Crippen LogP contribution in [0.25, 0.3) is 0 Å². The maximum absolute atomic E-state index is 12.1. The van der Waals surface area contributed by atoms with Gasteiger partial charge in [0, 0.05) is 24.9 Å². The number of ether oxygens (including phenoxy) is 1. The fourth-order valence-electron chi connectivity index (χ4n) is 1.45. The van der Waals surface area contributed by atoms with E-state index < -0.39 is 21.7 Å². The second kappa shape index (κ2) is 7.84. The van der Waals surface area contributed by atoms with Gasteiger partial charge in [0.25, 0.3) is 5.91 Å². The van der Waals surface area contributed by atoms with Gasteiger partial charge in [0.05, 0.1) is 5.03 Å². The van der Waals surface area contributed by atoms with Crippen LogP contribution in [-0.4, -0.2) is 26.6 Å². The Morgan fingerprint density at radius 3 is 2.57 bits per heavy atom. The van der Waals surface area contributed by atoms with Crippen molar-refractivity contribution in [3.05, 3.63) is 51.9 Å². The van der Waals surface area contributed by atoms with E-state index in [1.54, 1.807) is 6.07 Å². The van der Waals surface area contributed by atoms with Crippen molar-refractivity contribution in [3.8, 4) is 5.75 Å². The Kier molecular flexibility index (Phi) is 6.40. The summed E-state index contributed by atoms with van der Waals surface area (Å²) in [4.78, 5) is 23.0. The molecule has 0 aliphatic carbocycles. The molecule has 124 valence electrons. The van der Waals surface area contributed by atoms with Gasteiger partial charge < -0.3 is 15.8 Å². The summed E-state index contributed by atoms with van der Waals surface area (Å²) in [5.74, 6) is -0.808. The van der Waals surface area contributed by atoms with Crippen molar-refractivity contribution >= 4 is 33.5 Å². The van der Waals surface area contributed by atoms with Crippen molar-refractivity contribution in [2.75, 3.05) is 6.26 Å². The van der Waals surface area contributed by atoms with Crippen LogP contribution >= 0.6 is 11.8 Å². The zero-order valence-electron chi connectivity index (χ0n) is 12.5. The summed E-state index contributed by atoms with van der Waals surface area (Å²) in [7, 11) is -3.50. The molecule has 0 bridgehead atoms. The molecular formula is C14H16N2O5S2. The first-order valence-corrected chi connectivity index (χ1v) is 8.93. The molecule has 9 heteroatoms. The number of esters is 1. The number of benzene rings is 1. The highest BCUT2D eigenvalue weighted by molar-refractivity contribution is 8.20. The van der Waals surface area contributed by atoms with Gasteiger partial charge in [-0.05, 0) is 18.2 Å². The van der Waals surface area contributed by atoms with E-state index in [1.165, 1.54) is 25.1 Å². The van der Waals surface area contributed by atoms with E-state index in [9.17, 15) is 18.0 Å². The lowest BCUT2D eigenvalue weighted by Gasteiger charge is -2.10. The average molecular weight is 356 g/mol. The quantitative estimate of drug-likeness (QED) is 0.584. The van der Waals surface area contributed by atoms with E-state index in [1.807, 2.05) is 0 Å². The maximum Gasteiger partial charge on any atom is 0.308 e. The maximum atomic E-state index is 12.1. The van der Waals surface area contributed by atoms with Gasteiger partial charge in [-0.2, -0.15) is 0 Å². The molecule has 0 aromatic heterocycles. The van der Waals surface area contributed by atoms with Crippen molar-refractivity contribution < 1.29 is 22.7 Å². The number of nitrogens with two attached hydrogens (primary N) is 1. The minimum Gasteiger partial charge on any atom is -0.427 e. The Morgan fingerprint density at radius 1 is 1.39 bits per heavy atom. The first kappa shape index (κ1) is 18.8. The fourth-order valence-corrected chi connectivity index (χ4v) is 3.05. The van der Waals surface area contributed by atoms with Gasteiger partial charge in [0.1, 0.15) is 9.99 Å². The van der Waals surface area contributed by atoms with Crippen LogP contribution in [0.2, 0.25) is 0 Å². The van der Waals surface area contributed by atoms with Gasteiger partial charge in [-0.15, -0.1) is 0 Å². The summed E-state index contributed by atoms with van der Waals surface area (Å²) < 4.78 is 27.6. The molecule has 23 heavy (non-hydrogen) atoms. The summed E-state index contributed by atoms with van der Waals surface area (Å²) >= 11 is 0.726. The van der Waals surface area contributed by atoms with E-state index >= 15 is 0 Å². The highest BCUT2D eigenvalue weighted by Gasteiger charge is 2.15. The van der Waals surface area contributed by atoms with Crippen LogP contribution in [-0.2, 0) is 14.6 Å². The molecule has 0 spiro atoms. The minimum atomic E-state index is -3.50. The van der Waals surface area contributed by atoms with E-state index in [0.717, 1.165) is 24.2 Å². The van der Waals surface area contributed by atoms with Crippen LogP contribution in [0.15, 0.2) is 46.3 Å². The Hall–Kier alpha value is -2.26. The lowest BCUT2D eigenvalue weighted by atomic mass is 10.2. The van der Waals surface area contributed by atoms with Gasteiger partial charge in [-0.1, -0.05) is 24.4 Å². The Balaban J connectivity index is 2.80. The zero-order valence-corrected chi connectivity index (χ0v) is 14.2. The predicted octanol–water partition coefficient (Wildman–Crippen LogP) is 1.35. The topological polar surface area (TPSA) is 116 Å². The molecule has 1 rings (SSSR count). The number of nitrogens with one attached hydrogen (secondary N) is 1. The van der Waals surface area contributed by atoms with Crippen LogP contribution in [0.5, 0.6) is 5.75 Å². The highest BCUT2D eigenvalue weighted by atomic mass is 32.3.